The predicted molar refractivity (Wildman–Crippen MR) is 131 cm³/mol. The molecule has 8 nitrogen and oxygen atoms in total. The Hall–Kier alpha value is -2.29. The molecule has 0 spiro atoms. The summed E-state index contributed by atoms with van der Waals surface area (Å²) in [6.07, 6.45) is 10.4. The number of methoxy groups -OCH3 is 1. The summed E-state index contributed by atoms with van der Waals surface area (Å²) in [5.41, 5.74) is 1.96. The lowest BCUT2D eigenvalue weighted by molar-refractivity contribution is 0.0699. The van der Waals surface area contributed by atoms with Crippen molar-refractivity contribution in [2.75, 3.05) is 44.1 Å². The Morgan fingerprint density at radius 2 is 1.79 bits per heavy atom. The van der Waals surface area contributed by atoms with Crippen molar-refractivity contribution >= 4 is 11.8 Å². The Labute approximate surface area is 197 Å². The first-order valence-electron chi connectivity index (χ1n) is 12.3. The van der Waals surface area contributed by atoms with E-state index in [1.807, 2.05) is 24.5 Å². The lowest BCUT2D eigenvalue weighted by atomic mass is 9.91. The largest absolute Gasteiger partial charge is 0.383 e. The number of hydrogen-bond donors (Lipinski definition) is 3. The van der Waals surface area contributed by atoms with Gasteiger partial charge in [-0.3, -0.25) is 0 Å². The zero-order chi connectivity index (χ0) is 22.9. The molecule has 1 aliphatic carbocycles. The van der Waals surface area contributed by atoms with Crippen molar-refractivity contribution in [3.63, 3.8) is 0 Å². The Morgan fingerprint density at radius 1 is 1.03 bits per heavy atom. The minimum atomic E-state index is 0.390. The fourth-order valence-electron chi connectivity index (χ4n) is 4.76. The van der Waals surface area contributed by atoms with Gasteiger partial charge in [-0.05, 0) is 69.6 Å². The van der Waals surface area contributed by atoms with E-state index < -0.39 is 0 Å². The van der Waals surface area contributed by atoms with Crippen LogP contribution >= 0.6 is 0 Å². The number of aromatic nitrogens is 3. The molecule has 1 aliphatic heterocycles. The number of rotatable bonds is 10. The standard InChI is InChI=1S/C25H38N6O2/c1-18(17-32-2)29-21-3-5-22(6-4-21)30-25-27-12-8-23(31-25)20-7-11-26-24(15-20)28-16-19-9-13-33-14-10-19/h7-8,11-12,15,18-19,21-22,29H,3-6,9-10,13-14,16-17H2,1-2H3,(H,26,28)(H,27,30,31). The molecule has 1 saturated carbocycles. The molecule has 2 aromatic heterocycles. The van der Waals surface area contributed by atoms with Gasteiger partial charge in [0.25, 0.3) is 0 Å². The number of hydrogen-bond acceptors (Lipinski definition) is 8. The first kappa shape index (κ1) is 23.9. The van der Waals surface area contributed by atoms with Gasteiger partial charge in [0.1, 0.15) is 5.82 Å². The topological polar surface area (TPSA) is 93.2 Å². The smallest absolute Gasteiger partial charge is 0.223 e. The van der Waals surface area contributed by atoms with Crippen LogP contribution in [-0.2, 0) is 9.47 Å². The number of pyridine rings is 1. The van der Waals surface area contributed by atoms with Crippen LogP contribution in [0.3, 0.4) is 0 Å². The molecule has 0 bridgehead atoms. The van der Waals surface area contributed by atoms with E-state index in [-0.39, 0.29) is 0 Å². The summed E-state index contributed by atoms with van der Waals surface area (Å²) in [5, 5.41) is 10.7. The summed E-state index contributed by atoms with van der Waals surface area (Å²) in [4.78, 5) is 13.8. The van der Waals surface area contributed by atoms with Crippen LogP contribution in [0.15, 0.2) is 30.6 Å². The van der Waals surface area contributed by atoms with Crippen LogP contribution < -0.4 is 16.0 Å². The Bertz CT molecular complexity index is 852. The highest BCUT2D eigenvalue weighted by Gasteiger charge is 2.22. The summed E-state index contributed by atoms with van der Waals surface area (Å²) < 4.78 is 10.7. The Kier molecular flexibility index (Phi) is 8.86. The van der Waals surface area contributed by atoms with Crippen LogP contribution in [0.5, 0.6) is 0 Å². The Balaban J connectivity index is 1.30. The number of ether oxygens (including phenoxy) is 2. The molecule has 180 valence electrons. The molecule has 2 aliphatic rings. The molecule has 33 heavy (non-hydrogen) atoms. The molecule has 8 heteroatoms. The van der Waals surface area contributed by atoms with E-state index >= 15 is 0 Å². The highest BCUT2D eigenvalue weighted by atomic mass is 16.5. The molecule has 1 atom stereocenters. The molecule has 0 amide bonds. The minimum absolute atomic E-state index is 0.390. The maximum atomic E-state index is 5.45. The van der Waals surface area contributed by atoms with Gasteiger partial charge in [0.05, 0.1) is 12.3 Å². The molecule has 3 N–H and O–H groups in total. The van der Waals surface area contributed by atoms with Crippen LogP contribution in [0.1, 0.15) is 45.4 Å². The molecule has 4 rings (SSSR count). The highest BCUT2D eigenvalue weighted by Crippen LogP contribution is 2.24. The van der Waals surface area contributed by atoms with E-state index in [1.165, 1.54) is 0 Å². The number of nitrogens with one attached hydrogen (secondary N) is 3. The van der Waals surface area contributed by atoms with Gasteiger partial charge in [-0.25, -0.2) is 15.0 Å². The third kappa shape index (κ3) is 7.35. The molecule has 1 saturated heterocycles. The van der Waals surface area contributed by atoms with E-state index in [0.29, 0.717) is 30.0 Å². The zero-order valence-corrected chi connectivity index (χ0v) is 19.9. The van der Waals surface area contributed by atoms with E-state index in [4.69, 9.17) is 14.5 Å². The number of anilines is 2. The fraction of sp³-hybridized carbons (Fsp3) is 0.640. The third-order valence-corrected chi connectivity index (χ3v) is 6.62. The average molecular weight is 455 g/mol. The molecule has 3 heterocycles. The second kappa shape index (κ2) is 12.3. The summed E-state index contributed by atoms with van der Waals surface area (Å²) in [6.45, 7) is 5.58. The highest BCUT2D eigenvalue weighted by molar-refractivity contribution is 5.63. The molecule has 2 aromatic rings. The maximum absolute atomic E-state index is 5.45. The minimum Gasteiger partial charge on any atom is -0.383 e. The van der Waals surface area contributed by atoms with Gasteiger partial charge in [0.15, 0.2) is 0 Å². The van der Waals surface area contributed by atoms with Crippen LogP contribution in [0, 0.1) is 5.92 Å². The van der Waals surface area contributed by atoms with Gasteiger partial charge in [0, 0.05) is 63.0 Å². The van der Waals surface area contributed by atoms with Crippen LogP contribution in [-0.4, -0.2) is 66.6 Å². The van der Waals surface area contributed by atoms with Gasteiger partial charge in [-0.2, -0.15) is 0 Å². The molecular formula is C25H38N6O2. The lowest BCUT2D eigenvalue weighted by Crippen LogP contribution is -2.43. The SMILES string of the molecule is COCC(C)NC1CCC(Nc2nccc(-c3ccnc(NCC4CCOCC4)c3)n2)CC1. The predicted octanol–water partition coefficient (Wildman–Crippen LogP) is 3.72. The van der Waals surface area contributed by atoms with Crippen molar-refractivity contribution in [1.29, 1.82) is 0 Å². The fourth-order valence-corrected chi connectivity index (χ4v) is 4.76. The molecule has 0 radical (unpaired) electrons. The van der Waals surface area contributed by atoms with Gasteiger partial charge in [-0.1, -0.05) is 0 Å². The van der Waals surface area contributed by atoms with Crippen molar-refractivity contribution in [3.05, 3.63) is 30.6 Å². The first-order valence-corrected chi connectivity index (χ1v) is 12.3. The van der Waals surface area contributed by atoms with Crippen molar-refractivity contribution in [3.8, 4) is 11.3 Å². The molecule has 1 unspecified atom stereocenters. The summed E-state index contributed by atoms with van der Waals surface area (Å²) in [5.74, 6) is 2.23. The zero-order valence-electron chi connectivity index (χ0n) is 19.9. The van der Waals surface area contributed by atoms with Crippen molar-refractivity contribution in [1.82, 2.24) is 20.3 Å². The van der Waals surface area contributed by atoms with Crippen molar-refractivity contribution in [2.45, 2.75) is 63.6 Å². The van der Waals surface area contributed by atoms with Gasteiger partial charge >= 0.3 is 0 Å². The van der Waals surface area contributed by atoms with Crippen LogP contribution in [0.2, 0.25) is 0 Å². The lowest BCUT2D eigenvalue weighted by Gasteiger charge is -2.31. The van der Waals surface area contributed by atoms with E-state index in [0.717, 1.165) is 82.0 Å². The van der Waals surface area contributed by atoms with Gasteiger partial charge in [-0.15, -0.1) is 0 Å². The summed E-state index contributed by atoms with van der Waals surface area (Å²) in [7, 11) is 1.75. The second-order valence-electron chi connectivity index (χ2n) is 9.35. The van der Waals surface area contributed by atoms with Crippen LogP contribution in [0.4, 0.5) is 11.8 Å². The summed E-state index contributed by atoms with van der Waals surface area (Å²) in [6, 6.07) is 7.39. The molecular weight excluding hydrogens is 416 g/mol. The normalized spacial score (nSPS) is 22.6. The van der Waals surface area contributed by atoms with Crippen molar-refractivity contribution in [2.24, 2.45) is 5.92 Å². The van der Waals surface area contributed by atoms with E-state index in [9.17, 15) is 0 Å². The van der Waals surface area contributed by atoms with Gasteiger partial charge in [0.2, 0.25) is 5.95 Å². The van der Waals surface area contributed by atoms with Gasteiger partial charge < -0.3 is 25.4 Å². The molecule has 0 aromatic carbocycles. The second-order valence-corrected chi connectivity index (χ2v) is 9.35. The summed E-state index contributed by atoms with van der Waals surface area (Å²) >= 11 is 0. The first-order chi connectivity index (χ1) is 16.2. The number of nitrogens with zero attached hydrogens (tertiary/aromatic N) is 3. The maximum Gasteiger partial charge on any atom is 0.223 e. The van der Waals surface area contributed by atoms with E-state index in [2.05, 4.69) is 38.9 Å². The monoisotopic (exact) mass is 454 g/mol. The Morgan fingerprint density at radius 3 is 2.58 bits per heavy atom. The third-order valence-electron chi connectivity index (χ3n) is 6.62. The van der Waals surface area contributed by atoms with Crippen LogP contribution in [0.25, 0.3) is 11.3 Å². The molecule has 2 fully saturated rings. The quantitative estimate of drug-likeness (QED) is 0.500. The average Bonchev–Trinajstić information content (AvgIpc) is 2.85. The van der Waals surface area contributed by atoms with E-state index in [1.54, 1.807) is 7.11 Å². The van der Waals surface area contributed by atoms with Crippen molar-refractivity contribution < 1.29 is 9.47 Å².